The van der Waals surface area contributed by atoms with Gasteiger partial charge in [0.1, 0.15) is 0 Å². The van der Waals surface area contributed by atoms with Gasteiger partial charge in [-0.3, -0.25) is 0 Å². The molecule has 0 fully saturated rings. The molecule has 0 aromatic heterocycles. The summed E-state index contributed by atoms with van der Waals surface area (Å²) in [6.07, 6.45) is 3.87. The SMILES string of the molecule is C=CC[N+](C)(C)CC=C.S=S=S.[Cl-]. The molecule has 0 spiro atoms. The lowest BCUT2D eigenvalue weighted by atomic mass is 10.4. The van der Waals surface area contributed by atoms with Gasteiger partial charge in [-0.1, -0.05) is 13.2 Å². The summed E-state index contributed by atoms with van der Waals surface area (Å²) in [7, 11) is 5.23. The van der Waals surface area contributed by atoms with Crippen molar-refractivity contribution in [2.75, 3.05) is 27.2 Å². The predicted molar refractivity (Wildman–Crippen MR) is 64.3 cm³/mol. The van der Waals surface area contributed by atoms with Gasteiger partial charge in [-0.25, -0.2) is 0 Å². The van der Waals surface area contributed by atoms with E-state index in [2.05, 4.69) is 49.6 Å². The van der Waals surface area contributed by atoms with Crippen LogP contribution in [0.15, 0.2) is 25.3 Å². The second-order valence-electron chi connectivity index (χ2n) is 2.95. The van der Waals surface area contributed by atoms with E-state index in [1.807, 2.05) is 12.2 Å². The molecule has 0 aromatic carbocycles. The molecule has 78 valence electrons. The molecular weight excluding hydrogens is 242 g/mol. The molecule has 0 N–H and O–H groups in total. The highest BCUT2D eigenvalue weighted by atomic mass is 35.5. The van der Waals surface area contributed by atoms with Crippen LogP contribution in [-0.4, -0.2) is 31.7 Å². The summed E-state index contributed by atoms with van der Waals surface area (Å²) in [6, 6.07) is 0. The summed E-state index contributed by atoms with van der Waals surface area (Å²) in [5.41, 5.74) is 0. The Morgan fingerprint density at radius 3 is 1.54 bits per heavy atom. The molecule has 5 heteroatoms. The Morgan fingerprint density at radius 1 is 1.15 bits per heavy atom. The summed E-state index contributed by atoms with van der Waals surface area (Å²) >= 11 is 8.25. The normalized spacial score (nSPS) is 8.46. The summed E-state index contributed by atoms with van der Waals surface area (Å²) < 4.78 is 0.951. The third-order valence-electron chi connectivity index (χ3n) is 1.25. The Hall–Kier alpha value is 0.390. The van der Waals surface area contributed by atoms with Crippen molar-refractivity contribution in [1.82, 2.24) is 0 Å². The quantitative estimate of drug-likeness (QED) is 0.441. The lowest BCUT2D eigenvalue weighted by molar-refractivity contribution is -0.878. The Balaban J connectivity index is -0.000000220. The Morgan fingerprint density at radius 2 is 1.38 bits per heavy atom. The first-order valence-electron chi connectivity index (χ1n) is 3.49. The zero-order valence-corrected chi connectivity index (χ0v) is 11.2. The van der Waals surface area contributed by atoms with E-state index in [1.165, 1.54) is 0 Å². The van der Waals surface area contributed by atoms with Crippen LogP contribution in [0.5, 0.6) is 0 Å². The van der Waals surface area contributed by atoms with Crippen molar-refractivity contribution < 1.29 is 16.9 Å². The molecule has 13 heavy (non-hydrogen) atoms. The van der Waals surface area contributed by atoms with Crippen LogP contribution < -0.4 is 12.4 Å². The van der Waals surface area contributed by atoms with Crippen LogP contribution in [0, 0.1) is 0 Å². The van der Waals surface area contributed by atoms with E-state index in [4.69, 9.17) is 0 Å². The molecular formula is C8H16ClNS3. The molecule has 0 aliphatic heterocycles. The average Bonchev–Trinajstić information content (AvgIpc) is 1.88. The smallest absolute Gasteiger partial charge is 0.0969 e. The van der Waals surface area contributed by atoms with E-state index in [9.17, 15) is 0 Å². The van der Waals surface area contributed by atoms with Crippen LogP contribution in [0.25, 0.3) is 0 Å². The minimum absolute atomic E-state index is 0. The zero-order chi connectivity index (χ0) is 10.0. The van der Waals surface area contributed by atoms with Crippen LogP contribution >= 0.6 is 0 Å². The minimum Gasteiger partial charge on any atom is -1.00 e. The minimum atomic E-state index is 0. The van der Waals surface area contributed by atoms with Gasteiger partial charge in [0.25, 0.3) is 0 Å². The van der Waals surface area contributed by atoms with Gasteiger partial charge in [0.15, 0.2) is 0 Å². The molecule has 0 heterocycles. The topological polar surface area (TPSA) is 0 Å². The van der Waals surface area contributed by atoms with Crippen molar-refractivity contribution in [3.8, 4) is 0 Å². The van der Waals surface area contributed by atoms with Gasteiger partial charge in [-0.2, -0.15) is 0 Å². The standard InChI is InChI=1S/C8H16N.ClH.S3/c1-5-7-9(3,4)8-6-2;;1-3-2/h5-6H,1-2,7-8H2,3-4H3;1H;/q+1;;/p-1. The molecule has 0 atom stereocenters. The molecule has 0 bridgehead atoms. The number of nitrogens with zero attached hydrogens (tertiary/aromatic N) is 1. The van der Waals surface area contributed by atoms with Gasteiger partial charge >= 0.3 is 0 Å². The fourth-order valence-electron chi connectivity index (χ4n) is 0.774. The van der Waals surface area contributed by atoms with Crippen molar-refractivity contribution in [2.24, 2.45) is 0 Å². The van der Waals surface area contributed by atoms with Crippen LogP contribution in [0.3, 0.4) is 0 Å². The molecule has 0 amide bonds. The number of hydrogen-bond donors (Lipinski definition) is 0. The second-order valence-corrected chi connectivity index (χ2v) is 4.72. The van der Waals surface area contributed by atoms with Gasteiger partial charge in [0, 0.05) is 31.3 Å². The summed E-state index contributed by atoms with van der Waals surface area (Å²) in [5, 5.41) is 0. The molecule has 0 aliphatic rings. The highest BCUT2D eigenvalue weighted by molar-refractivity contribution is 8.37. The molecule has 0 aliphatic carbocycles. The average molecular weight is 258 g/mol. The van der Waals surface area contributed by atoms with Gasteiger partial charge in [0.05, 0.1) is 27.2 Å². The summed E-state index contributed by atoms with van der Waals surface area (Å²) in [6.45, 7) is 9.37. The summed E-state index contributed by atoms with van der Waals surface area (Å²) in [5.74, 6) is 0. The van der Waals surface area contributed by atoms with E-state index in [0.717, 1.165) is 26.5 Å². The van der Waals surface area contributed by atoms with Gasteiger partial charge in [-0.15, -0.1) is 0 Å². The lowest BCUT2D eigenvalue weighted by Crippen LogP contribution is -3.00. The highest BCUT2D eigenvalue weighted by Crippen LogP contribution is 1.95. The molecule has 0 saturated carbocycles. The fourth-order valence-corrected chi connectivity index (χ4v) is 0.774. The van der Waals surface area contributed by atoms with E-state index in [-0.39, 0.29) is 12.4 Å². The number of halogens is 1. The maximum atomic E-state index is 4.12. The van der Waals surface area contributed by atoms with Crippen molar-refractivity contribution in [3.63, 3.8) is 0 Å². The van der Waals surface area contributed by atoms with Gasteiger partial charge in [0.2, 0.25) is 0 Å². The fraction of sp³-hybridized carbons (Fsp3) is 0.500. The van der Waals surface area contributed by atoms with E-state index in [1.54, 1.807) is 0 Å². The Bertz CT molecular complexity index is 162. The molecule has 0 aromatic rings. The monoisotopic (exact) mass is 257 g/mol. The highest BCUT2D eigenvalue weighted by Gasteiger charge is 2.07. The van der Waals surface area contributed by atoms with E-state index in [0.29, 0.717) is 0 Å². The van der Waals surface area contributed by atoms with Gasteiger partial charge in [-0.05, 0) is 12.2 Å². The number of rotatable bonds is 4. The van der Waals surface area contributed by atoms with E-state index >= 15 is 0 Å². The van der Waals surface area contributed by atoms with Gasteiger partial charge < -0.3 is 16.9 Å². The predicted octanol–water partition coefficient (Wildman–Crippen LogP) is -1.57. The van der Waals surface area contributed by atoms with Crippen LogP contribution in [0.4, 0.5) is 0 Å². The maximum absolute atomic E-state index is 4.12. The van der Waals surface area contributed by atoms with Crippen molar-refractivity contribution in [3.05, 3.63) is 25.3 Å². The van der Waals surface area contributed by atoms with Crippen molar-refractivity contribution >= 4 is 31.3 Å². The first kappa shape index (κ1) is 19.0. The van der Waals surface area contributed by atoms with Crippen LogP contribution in [0.2, 0.25) is 0 Å². The number of quaternary nitrogens is 1. The Labute approximate surface area is 100 Å². The van der Waals surface area contributed by atoms with Crippen molar-refractivity contribution in [2.45, 2.75) is 0 Å². The largest absolute Gasteiger partial charge is 1.00 e. The van der Waals surface area contributed by atoms with Crippen molar-refractivity contribution in [1.29, 1.82) is 0 Å². The molecule has 0 rings (SSSR count). The third-order valence-corrected chi connectivity index (χ3v) is 1.25. The molecule has 0 unspecified atom stereocenters. The number of hydrogen-bond acceptors (Lipinski definition) is 2. The zero-order valence-electron chi connectivity index (χ0n) is 8.03. The Kier molecular flexibility index (Phi) is 18.1. The molecule has 0 saturated heterocycles. The number of likely N-dealkylation sites (N-methyl/N-ethyl adjacent to an activating group) is 1. The van der Waals surface area contributed by atoms with Crippen LogP contribution in [-0.2, 0) is 31.3 Å². The first-order chi connectivity index (χ1) is 5.54. The molecule has 1 nitrogen and oxygen atoms in total. The molecule has 0 radical (unpaired) electrons. The van der Waals surface area contributed by atoms with Crippen LogP contribution in [0.1, 0.15) is 0 Å². The third kappa shape index (κ3) is 19.0. The maximum Gasteiger partial charge on any atom is 0.0969 e. The summed E-state index contributed by atoms with van der Waals surface area (Å²) in [4.78, 5) is 0. The lowest BCUT2D eigenvalue weighted by Gasteiger charge is -2.26. The second kappa shape index (κ2) is 12.4. The first-order valence-corrected chi connectivity index (χ1v) is 6.16. The van der Waals surface area contributed by atoms with E-state index < -0.39 is 0 Å².